The third-order valence-corrected chi connectivity index (χ3v) is 3.71. The summed E-state index contributed by atoms with van der Waals surface area (Å²) in [5, 5.41) is 19.8. The van der Waals surface area contributed by atoms with Gasteiger partial charge in [0.1, 0.15) is 0 Å². The third-order valence-electron chi connectivity index (χ3n) is 3.71. The van der Waals surface area contributed by atoms with Gasteiger partial charge in [-0.05, 0) is 30.7 Å². The number of carbonyl (C=O) groups is 2. The predicted octanol–water partition coefficient (Wildman–Crippen LogP) is 3.02. The molecule has 0 fully saturated rings. The summed E-state index contributed by atoms with van der Waals surface area (Å²) >= 11 is 0. The number of anilines is 1. The van der Waals surface area contributed by atoms with Crippen molar-refractivity contribution in [3.63, 3.8) is 0 Å². The number of ketones is 1. The molecule has 120 valence electrons. The van der Waals surface area contributed by atoms with Gasteiger partial charge in [-0.1, -0.05) is 37.3 Å². The van der Waals surface area contributed by atoms with Gasteiger partial charge in [0.25, 0.3) is 5.91 Å². The Balaban J connectivity index is 2.28. The zero-order chi connectivity index (χ0) is 17.0. The van der Waals surface area contributed by atoms with Gasteiger partial charge in [0.15, 0.2) is 5.78 Å². The maximum atomic E-state index is 12.4. The molecule has 0 aliphatic heterocycles. The lowest BCUT2D eigenvalue weighted by atomic mass is 10.0. The van der Waals surface area contributed by atoms with Gasteiger partial charge in [0, 0.05) is 18.1 Å². The maximum Gasteiger partial charge on any atom is 0.282 e. The Morgan fingerprint density at radius 1 is 1.04 bits per heavy atom. The monoisotopic (exact) mass is 313 g/mol. The molecule has 2 aromatic rings. The van der Waals surface area contributed by atoms with Crippen LogP contribution >= 0.6 is 0 Å². The van der Waals surface area contributed by atoms with Crippen LogP contribution in [0.2, 0.25) is 0 Å². The van der Waals surface area contributed by atoms with E-state index >= 15 is 0 Å². The molecule has 0 radical (unpaired) electrons. The van der Waals surface area contributed by atoms with Crippen molar-refractivity contribution in [1.29, 1.82) is 0 Å². The van der Waals surface area contributed by atoms with Crippen LogP contribution in [0.4, 0.5) is 5.69 Å². The number of aliphatic hydroxyl groups excluding tert-OH is 1. The van der Waals surface area contributed by atoms with E-state index in [0.717, 1.165) is 5.56 Å². The van der Waals surface area contributed by atoms with E-state index in [9.17, 15) is 14.8 Å². The van der Waals surface area contributed by atoms with E-state index in [0.29, 0.717) is 10.8 Å². The highest BCUT2D eigenvalue weighted by Gasteiger charge is 2.20. The van der Waals surface area contributed by atoms with E-state index in [4.69, 9.17) is 5.11 Å². The molecule has 0 saturated carbocycles. The summed E-state index contributed by atoms with van der Waals surface area (Å²) in [6.45, 7) is 3.27. The number of nitrogens with zero attached hydrogens (tertiary/aromatic N) is 1. The normalized spacial score (nSPS) is 11.8. The molecule has 0 aromatic heterocycles. The van der Waals surface area contributed by atoms with Gasteiger partial charge in [0.2, 0.25) is 0 Å². The van der Waals surface area contributed by atoms with Crippen molar-refractivity contribution in [2.45, 2.75) is 19.8 Å². The van der Waals surface area contributed by atoms with Crippen LogP contribution in [0.1, 0.15) is 46.0 Å². The summed E-state index contributed by atoms with van der Waals surface area (Å²) in [6, 6.07) is 13.0. The first kappa shape index (κ1) is 16.9. The summed E-state index contributed by atoms with van der Waals surface area (Å²) < 4.78 is 0. The molecule has 2 N–H and O–H groups in total. The Kier molecular flexibility index (Phi) is 5.26. The van der Waals surface area contributed by atoms with Crippen LogP contribution < -0.4 is 5.06 Å². The van der Waals surface area contributed by atoms with Crippen LogP contribution in [0, 0.1) is 0 Å². The van der Waals surface area contributed by atoms with E-state index < -0.39 is 5.91 Å². The number of hydroxylamine groups is 1. The van der Waals surface area contributed by atoms with E-state index in [1.807, 2.05) is 6.92 Å². The second kappa shape index (κ2) is 7.17. The summed E-state index contributed by atoms with van der Waals surface area (Å²) in [5.74, 6) is -0.932. The van der Waals surface area contributed by atoms with Crippen LogP contribution in [-0.2, 0) is 0 Å². The van der Waals surface area contributed by atoms with E-state index in [1.165, 1.54) is 13.0 Å². The topological polar surface area (TPSA) is 77.8 Å². The van der Waals surface area contributed by atoms with Crippen molar-refractivity contribution in [1.82, 2.24) is 0 Å². The average molecular weight is 313 g/mol. The van der Waals surface area contributed by atoms with Crippen molar-refractivity contribution in [2.24, 2.45) is 0 Å². The largest absolute Gasteiger partial charge is 0.396 e. The minimum absolute atomic E-state index is 0.0209. The zero-order valence-electron chi connectivity index (χ0n) is 13.1. The first-order valence-electron chi connectivity index (χ1n) is 7.29. The van der Waals surface area contributed by atoms with Crippen LogP contribution in [0.5, 0.6) is 0 Å². The van der Waals surface area contributed by atoms with Crippen molar-refractivity contribution in [3.05, 3.63) is 65.2 Å². The molecule has 0 spiro atoms. The lowest BCUT2D eigenvalue weighted by Gasteiger charge is -2.17. The highest BCUT2D eigenvalue weighted by Crippen LogP contribution is 2.21. The van der Waals surface area contributed by atoms with Gasteiger partial charge >= 0.3 is 0 Å². The highest BCUT2D eigenvalue weighted by molar-refractivity contribution is 6.12. The Bertz CT molecular complexity index is 709. The number of hydrogen-bond acceptors (Lipinski definition) is 4. The van der Waals surface area contributed by atoms with E-state index in [-0.39, 0.29) is 29.4 Å². The van der Waals surface area contributed by atoms with Gasteiger partial charge in [0.05, 0.1) is 11.3 Å². The molecule has 0 saturated heterocycles. The quantitative estimate of drug-likeness (QED) is 0.505. The van der Waals surface area contributed by atoms with Crippen molar-refractivity contribution in [2.75, 3.05) is 11.7 Å². The molecule has 0 heterocycles. The molecule has 5 heteroatoms. The second-order valence-corrected chi connectivity index (χ2v) is 5.39. The first-order valence-corrected chi connectivity index (χ1v) is 7.29. The molecule has 0 bridgehead atoms. The molecule has 5 nitrogen and oxygen atoms in total. The number of carbonyl (C=O) groups excluding carboxylic acids is 2. The van der Waals surface area contributed by atoms with Crippen LogP contribution in [-0.4, -0.2) is 28.6 Å². The Morgan fingerprint density at radius 2 is 1.61 bits per heavy atom. The number of aliphatic hydroxyl groups is 1. The molecule has 1 amide bonds. The fourth-order valence-corrected chi connectivity index (χ4v) is 2.26. The number of Topliss-reactive ketones (excluding diaryl/α,β-unsaturated/α-hetero) is 1. The standard InChI is InChI=1S/C18H19NO4/c1-12(11-20)14-7-9-15(10-8-14)19(23)18(22)17-6-4-3-5-16(17)13(2)21/h3-10,12,20,23H,11H2,1-2H3. The molecule has 1 unspecified atom stereocenters. The smallest absolute Gasteiger partial charge is 0.282 e. The minimum Gasteiger partial charge on any atom is -0.396 e. The van der Waals surface area contributed by atoms with Crippen molar-refractivity contribution >= 4 is 17.4 Å². The zero-order valence-corrected chi connectivity index (χ0v) is 13.1. The maximum absolute atomic E-state index is 12.4. The summed E-state index contributed by atoms with van der Waals surface area (Å²) in [6.07, 6.45) is 0. The van der Waals surface area contributed by atoms with Crippen LogP contribution in [0.25, 0.3) is 0 Å². The van der Waals surface area contributed by atoms with Gasteiger partial charge in [-0.3, -0.25) is 14.8 Å². The molecule has 1 atom stereocenters. The molecular formula is C18H19NO4. The van der Waals surface area contributed by atoms with E-state index in [1.54, 1.807) is 42.5 Å². The Hall–Kier alpha value is -2.50. The highest BCUT2D eigenvalue weighted by atomic mass is 16.5. The number of amides is 1. The Morgan fingerprint density at radius 3 is 2.13 bits per heavy atom. The van der Waals surface area contributed by atoms with Crippen LogP contribution in [0.3, 0.4) is 0 Å². The average Bonchev–Trinajstić information content (AvgIpc) is 2.59. The summed E-state index contributed by atoms with van der Waals surface area (Å²) in [5.41, 5.74) is 1.61. The number of hydrogen-bond donors (Lipinski definition) is 2. The van der Waals surface area contributed by atoms with Gasteiger partial charge < -0.3 is 5.11 Å². The Labute approximate surface area is 134 Å². The van der Waals surface area contributed by atoms with Crippen LogP contribution in [0.15, 0.2) is 48.5 Å². The van der Waals surface area contributed by atoms with Gasteiger partial charge in [-0.15, -0.1) is 0 Å². The van der Waals surface area contributed by atoms with Gasteiger partial charge in [-0.2, -0.15) is 5.06 Å². The van der Waals surface area contributed by atoms with E-state index in [2.05, 4.69) is 0 Å². The van der Waals surface area contributed by atoms with Crippen molar-refractivity contribution in [3.8, 4) is 0 Å². The van der Waals surface area contributed by atoms with Crippen molar-refractivity contribution < 1.29 is 19.9 Å². The summed E-state index contributed by atoms with van der Waals surface area (Å²) in [7, 11) is 0. The molecule has 23 heavy (non-hydrogen) atoms. The molecule has 0 aliphatic rings. The third kappa shape index (κ3) is 3.64. The SMILES string of the molecule is CC(=O)c1ccccc1C(=O)N(O)c1ccc(C(C)CO)cc1. The lowest BCUT2D eigenvalue weighted by molar-refractivity contribution is 0.0848. The molecule has 0 aliphatic carbocycles. The molecule has 2 rings (SSSR count). The molecule has 2 aromatic carbocycles. The lowest BCUT2D eigenvalue weighted by Crippen LogP contribution is -2.28. The molecular weight excluding hydrogens is 294 g/mol. The fraction of sp³-hybridized carbons (Fsp3) is 0.222. The number of benzene rings is 2. The first-order chi connectivity index (χ1) is 11.0. The summed E-state index contributed by atoms with van der Waals surface area (Å²) in [4.78, 5) is 24.0. The fourth-order valence-electron chi connectivity index (χ4n) is 2.26. The predicted molar refractivity (Wildman–Crippen MR) is 87.0 cm³/mol. The van der Waals surface area contributed by atoms with Gasteiger partial charge in [-0.25, -0.2) is 0 Å². The second-order valence-electron chi connectivity index (χ2n) is 5.39. The number of rotatable bonds is 5. The minimum atomic E-state index is -0.668.